The van der Waals surface area contributed by atoms with E-state index >= 15 is 0 Å². The number of fused-ring (bicyclic) bond motifs is 1. The molecule has 122 valence electrons. The largest absolute Gasteiger partial charge is 0.506 e. The van der Waals surface area contributed by atoms with Crippen molar-refractivity contribution < 1.29 is 19.4 Å². The van der Waals surface area contributed by atoms with Gasteiger partial charge in [0.15, 0.2) is 6.10 Å². The van der Waals surface area contributed by atoms with Crippen LogP contribution in [0.25, 0.3) is 10.8 Å². The molecule has 0 aliphatic heterocycles. The maximum Gasteiger partial charge on any atom is 0.342 e. The fourth-order valence-electron chi connectivity index (χ4n) is 2.15. The fourth-order valence-corrected chi connectivity index (χ4v) is 2.15. The smallest absolute Gasteiger partial charge is 0.342 e. The molecule has 0 aliphatic carbocycles. The zero-order chi connectivity index (χ0) is 17.0. The van der Waals surface area contributed by atoms with Crippen molar-refractivity contribution in [3.8, 4) is 5.75 Å². The van der Waals surface area contributed by atoms with Gasteiger partial charge in [0.1, 0.15) is 11.3 Å². The third kappa shape index (κ3) is 4.00. The van der Waals surface area contributed by atoms with Crippen molar-refractivity contribution in [3.05, 3.63) is 42.0 Å². The minimum absolute atomic E-state index is 0.0483. The molecule has 5 nitrogen and oxygen atoms in total. The van der Waals surface area contributed by atoms with Gasteiger partial charge in [-0.3, -0.25) is 4.79 Å². The zero-order valence-electron chi connectivity index (χ0n) is 13.5. The normalized spacial score (nSPS) is 12.2. The molecule has 2 N–H and O–H groups in total. The van der Waals surface area contributed by atoms with Gasteiger partial charge in [-0.2, -0.15) is 0 Å². The summed E-state index contributed by atoms with van der Waals surface area (Å²) in [6.07, 6.45) is -0.924. The molecule has 2 rings (SSSR count). The Morgan fingerprint density at radius 2 is 1.83 bits per heavy atom. The second-order valence-electron chi connectivity index (χ2n) is 5.87. The third-order valence-electron chi connectivity index (χ3n) is 3.46. The lowest BCUT2D eigenvalue weighted by Crippen LogP contribution is -2.37. The molecule has 0 aliphatic rings. The first-order valence-electron chi connectivity index (χ1n) is 7.59. The summed E-state index contributed by atoms with van der Waals surface area (Å²) in [5.74, 6) is -0.901. The van der Waals surface area contributed by atoms with Gasteiger partial charge in [0.25, 0.3) is 5.91 Å². The Kier molecular flexibility index (Phi) is 5.21. The van der Waals surface area contributed by atoms with Gasteiger partial charge in [-0.15, -0.1) is 0 Å². The Labute approximate surface area is 135 Å². The van der Waals surface area contributed by atoms with Crippen LogP contribution in [0.1, 0.15) is 31.1 Å². The van der Waals surface area contributed by atoms with Crippen molar-refractivity contribution in [1.29, 1.82) is 0 Å². The van der Waals surface area contributed by atoms with Crippen LogP contribution in [0, 0.1) is 5.92 Å². The van der Waals surface area contributed by atoms with Crippen molar-refractivity contribution >= 4 is 22.6 Å². The van der Waals surface area contributed by atoms with Gasteiger partial charge in [-0.1, -0.05) is 44.2 Å². The molecule has 0 unspecified atom stereocenters. The number of nitrogens with one attached hydrogen (secondary N) is 1. The molecule has 0 saturated heterocycles. The van der Waals surface area contributed by atoms with Crippen molar-refractivity contribution in [3.63, 3.8) is 0 Å². The predicted octanol–water partition coefficient (Wildman–Crippen LogP) is 2.86. The Morgan fingerprint density at radius 1 is 1.13 bits per heavy atom. The second kappa shape index (κ2) is 7.13. The highest BCUT2D eigenvalue weighted by atomic mass is 16.5. The van der Waals surface area contributed by atoms with E-state index in [0.29, 0.717) is 17.8 Å². The highest BCUT2D eigenvalue weighted by Gasteiger charge is 2.21. The van der Waals surface area contributed by atoms with E-state index in [1.54, 1.807) is 18.2 Å². The summed E-state index contributed by atoms with van der Waals surface area (Å²) in [7, 11) is 0. The van der Waals surface area contributed by atoms with Gasteiger partial charge in [-0.25, -0.2) is 4.79 Å². The molecule has 5 heteroatoms. The number of benzene rings is 2. The minimum atomic E-state index is -0.924. The standard InChI is InChI=1S/C18H21NO4/c1-11(2)10-19-17(21)12(3)23-18(22)15-9-8-13-6-4-5-7-14(13)16(15)20/h4-9,11-12,20H,10H2,1-3H3,(H,19,21)/t12-/m1/s1. The Balaban J connectivity index is 2.11. The van der Waals surface area contributed by atoms with Crippen LogP contribution in [-0.2, 0) is 9.53 Å². The number of carbonyl (C=O) groups is 2. The SMILES string of the molecule is CC(C)CNC(=O)[C@@H](C)OC(=O)c1ccc2ccccc2c1O. The molecule has 0 spiro atoms. The molecular weight excluding hydrogens is 294 g/mol. The summed E-state index contributed by atoms with van der Waals surface area (Å²) in [6.45, 7) is 5.97. The minimum Gasteiger partial charge on any atom is -0.506 e. The average molecular weight is 315 g/mol. The van der Waals surface area contributed by atoms with Crippen molar-refractivity contribution in [1.82, 2.24) is 5.32 Å². The van der Waals surface area contributed by atoms with Gasteiger partial charge in [0.2, 0.25) is 0 Å². The highest BCUT2D eigenvalue weighted by molar-refractivity contribution is 6.01. The summed E-state index contributed by atoms with van der Waals surface area (Å²) in [5.41, 5.74) is 0.0483. The predicted molar refractivity (Wildman–Crippen MR) is 88.3 cm³/mol. The molecule has 0 aromatic heterocycles. The van der Waals surface area contributed by atoms with E-state index in [1.807, 2.05) is 26.0 Å². The van der Waals surface area contributed by atoms with E-state index < -0.39 is 12.1 Å². The molecule has 0 radical (unpaired) electrons. The van der Waals surface area contributed by atoms with Gasteiger partial charge < -0.3 is 15.2 Å². The summed E-state index contributed by atoms with van der Waals surface area (Å²) in [4.78, 5) is 24.1. The first-order chi connectivity index (χ1) is 10.9. The number of hydrogen-bond donors (Lipinski definition) is 2. The van der Waals surface area contributed by atoms with Crippen LogP contribution in [0.15, 0.2) is 36.4 Å². The summed E-state index contributed by atoms with van der Waals surface area (Å²) < 4.78 is 5.15. The number of carbonyl (C=O) groups excluding carboxylic acids is 2. The van der Waals surface area contributed by atoms with Crippen LogP contribution in [-0.4, -0.2) is 29.6 Å². The van der Waals surface area contributed by atoms with Crippen molar-refractivity contribution in [2.45, 2.75) is 26.9 Å². The van der Waals surface area contributed by atoms with Gasteiger partial charge in [0, 0.05) is 11.9 Å². The first kappa shape index (κ1) is 16.8. The number of phenols is 1. The Hall–Kier alpha value is -2.56. The molecule has 23 heavy (non-hydrogen) atoms. The fraction of sp³-hybridized carbons (Fsp3) is 0.333. The summed E-state index contributed by atoms with van der Waals surface area (Å²) >= 11 is 0. The van der Waals surface area contributed by atoms with E-state index in [2.05, 4.69) is 5.32 Å². The van der Waals surface area contributed by atoms with Crippen LogP contribution in [0.3, 0.4) is 0 Å². The number of rotatable bonds is 5. The number of ether oxygens (including phenoxy) is 1. The van der Waals surface area contributed by atoms with Gasteiger partial charge in [0.05, 0.1) is 0 Å². The Bertz CT molecular complexity index is 724. The molecule has 0 heterocycles. The molecule has 1 amide bonds. The molecular formula is C18H21NO4. The van der Waals surface area contributed by atoms with Crippen LogP contribution in [0.2, 0.25) is 0 Å². The van der Waals surface area contributed by atoms with Crippen LogP contribution in [0.5, 0.6) is 5.75 Å². The lowest BCUT2D eigenvalue weighted by molar-refractivity contribution is -0.129. The number of hydrogen-bond acceptors (Lipinski definition) is 4. The number of esters is 1. The number of amides is 1. The van der Waals surface area contributed by atoms with E-state index in [4.69, 9.17) is 4.74 Å². The maximum absolute atomic E-state index is 12.2. The van der Waals surface area contributed by atoms with E-state index in [0.717, 1.165) is 5.39 Å². The van der Waals surface area contributed by atoms with E-state index in [-0.39, 0.29) is 17.2 Å². The summed E-state index contributed by atoms with van der Waals surface area (Å²) in [5, 5.41) is 14.3. The zero-order valence-corrected chi connectivity index (χ0v) is 13.5. The molecule has 2 aromatic carbocycles. The third-order valence-corrected chi connectivity index (χ3v) is 3.46. The second-order valence-corrected chi connectivity index (χ2v) is 5.87. The Morgan fingerprint density at radius 3 is 2.52 bits per heavy atom. The molecule has 0 saturated carbocycles. The highest BCUT2D eigenvalue weighted by Crippen LogP contribution is 2.29. The van der Waals surface area contributed by atoms with Gasteiger partial charge >= 0.3 is 5.97 Å². The van der Waals surface area contributed by atoms with Gasteiger partial charge in [-0.05, 0) is 24.3 Å². The van der Waals surface area contributed by atoms with Crippen molar-refractivity contribution in [2.24, 2.45) is 5.92 Å². The lowest BCUT2D eigenvalue weighted by Gasteiger charge is -2.15. The molecule has 0 bridgehead atoms. The summed E-state index contributed by atoms with van der Waals surface area (Å²) in [6, 6.07) is 10.4. The van der Waals surface area contributed by atoms with Crippen LogP contribution >= 0.6 is 0 Å². The lowest BCUT2D eigenvalue weighted by atomic mass is 10.1. The quantitative estimate of drug-likeness (QED) is 0.832. The van der Waals surface area contributed by atoms with E-state index in [9.17, 15) is 14.7 Å². The van der Waals surface area contributed by atoms with Crippen LogP contribution < -0.4 is 5.32 Å². The molecule has 0 fully saturated rings. The first-order valence-corrected chi connectivity index (χ1v) is 7.59. The topological polar surface area (TPSA) is 75.6 Å². The molecule has 1 atom stereocenters. The molecule has 2 aromatic rings. The van der Waals surface area contributed by atoms with Crippen LogP contribution in [0.4, 0.5) is 0 Å². The number of aromatic hydroxyl groups is 1. The number of phenolic OH excluding ortho intramolecular Hbond substituents is 1. The maximum atomic E-state index is 12.2. The van der Waals surface area contributed by atoms with Crippen molar-refractivity contribution in [2.75, 3.05) is 6.54 Å². The monoisotopic (exact) mass is 315 g/mol. The average Bonchev–Trinajstić information content (AvgIpc) is 2.52. The van der Waals surface area contributed by atoms with E-state index in [1.165, 1.54) is 13.0 Å².